The van der Waals surface area contributed by atoms with Gasteiger partial charge in [0.15, 0.2) is 12.4 Å². The molecule has 38 heavy (non-hydrogen) atoms. The number of nitro groups is 1. The molecule has 0 saturated carbocycles. The van der Waals surface area contributed by atoms with Crippen molar-refractivity contribution in [3.63, 3.8) is 0 Å². The van der Waals surface area contributed by atoms with Gasteiger partial charge in [0.1, 0.15) is 5.56 Å². The van der Waals surface area contributed by atoms with Crippen LogP contribution in [0.1, 0.15) is 41.4 Å². The van der Waals surface area contributed by atoms with Crippen molar-refractivity contribution in [1.29, 1.82) is 0 Å². The van der Waals surface area contributed by atoms with Crippen LogP contribution in [0.4, 0.5) is 11.4 Å². The third-order valence-corrected chi connectivity index (χ3v) is 6.08. The Morgan fingerprint density at radius 2 is 1.45 bits per heavy atom. The minimum absolute atomic E-state index is 0.000723. The van der Waals surface area contributed by atoms with Gasteiger partial charge in [-0.2, -0.15) is 0 Å². The Balaban J connectivity index is 1.29. The number of nitrogens with zero attached hydrogens (tertiary/aromatic N) is 2. The van der Waals surface area contributed by atoms with E-state index in [1.165, 1.54) is 36.4 Å². The van der Waals surface area contributed by atoms with Crippen LogP contribution in [0.2, 0.25) is 0 Å². The molecule has 0 unspecified atom stereocenters. The second-order valence-corrected chi connectivity index (χ2v) is 8.40. The van der Waals surface area contributed by atoms with E-state index in [1.54, 1.807) is 24.3 Å². The highest BCUT2D eigenvalue weighted by Crippen LogP contribution is 2.34. The molecule has 9 heteroatoms. The number of carbonyl (C=O) groups excluding carboxylic acids is 4. The van der Waals surface area contributed by atoms with Crippen LogP contribution < -0.4 is 4.90 Å². The molecule has 0 saturated heterocycles. The van der Waals surface area contributed by atoms with Gasteiger partial charge in [-0.1, -0.05) is 66.7 Å². The Kier molecular flexibility index (Phi) is 6.32. The van der Waals surface area contributed by atoms with Gasteiger partial charge in [0.25, 0.3) is 17.5 Å². The van der Waals surface area contributed by atoms with Crippen LogP contribution in [0.3, 0.4) is 0 Å². The number of imide groups is 1. The molecule has 2 amide bonds. The van der Waals surface area contributed by atoms with Gasteiger partial charge >= 0.3 is 5.97 Å². The van der Waals surface area contributed by atoms with E-state index in [0.717, 1.165) is 22.1 Å². The van der Waals surface area contributed by atoms with E-state index in [2.05, 4.69) is 0 Å². The fourth-order valence-electron chi connectivity index (χ4n) is 4.20. The summed E-state index contributed by atoms with van der Waals surface area (Å²) in [5.74, 6) is -2.84. The third-order valence-electron chi connectivity index (χ3n) is 6.08. The molecule has 186 valence electrons. The van der Waals surface area contributed by atoms with Crippen molar-refractivity contribution in [3.05, 3.63) is 129 Å². The van der Waals surface area contributed by atoms with Crippen LogP contribution in [0.15, 0.2) is 97.1 Å². The van der Waals surface area contributed by atoms with Crippen molar-refractivity contribution in [2.24, 2.45) is 0 Å². The predicted molar refractivity (Wildman–Crippen MR) is 137 cm³/mol. The molecule has 0 radical (unpaired) electrons. The number of ketones is 1. The molecule has 0 bridgehead atoms. The zero-order valence-corrected chi connectivity index (χ0v) is 19.7. The number of hydrogen-bond acceptors (Lipinski definition) is 7. The summed E-state index contributed by atoms with van der Waals surface area (Å²) in [5.41, 5.74) is 1.48. The number of Topliss-reactive ketones (excluding diaryl/α,β-unsaturated/α-hetero) is 1. The summed E-state index contributed by atoms with van der Waals surface area (Å²) in [4.78, 5) is 62.4. The summed E-state index contributed by atoms with van der Waals surface area (Å²) in [5, 5.41) is 11.3. The van der Waals surface area contributed by atoms with Gasteiger partial charge in [0.05, 0.1) is 21.7 Å². The van der Waals surface area contributed by atoms with Gasteiger partial charge in [-0.15, -0.1) is 0 Å². The van der Waals surface area contributed by atoms with E-state index in [1.807, 2.05) is 30.3 Å². The minimum Gasteiger partial charge on any atom is -0.454 e. The van der Waals surface area contributed by atoms with Crippen LogP contribution in [0, 0.1) is 10.1 Å². The third kappa shape index (κ3) is 4.44. The lowest BCUT2D eigenvalue weighted by Gasteiger charge is -2.14. The van der Waals surface area contributed by atoms with Crippen molar-refractivity contribution in [2.75, 3.05) is 11.5 Å². The summed E-state index contributed by atoms with van der Waals surface area (Å²) < 4.78 is 5.18. The molecule has 5 rings (SSSR count). The first-order valence-electron chi connectivity index (χ1n) is 11.5. The normalized spacial score (nSPS) is 12.3. The van der Waals surface area contributed by atoms with Gasteiger partial charge in [0, 0.05) is 11.6 Å². The number of hydrogen-bond donors (Lipinski definition) is 0. The zero-order chi connectivity index (χ0) is 26.8. The lowest BCUT2D eigenvalue weighted by Crippen LogP contribution is -2.29. The van der Waals surface area contributed by atoms with Gasteiger partial charge in [-0.25, -0.2) is 9.69 Å². The lowest BCUT2D eigenvalue weighted by atomic mass is 10.0. The Hall–Kier alpha value is -5.44. The van der Waals surface area contributed by atoms with Gasteiger partial charge in [0.2, 0.25) is 0 Å². The van der Waals surface area contributed by atoms with Crippen LogP contribution >= 0.6 is 0 Å². The standard InChI is InChI=1S/C29H18N2O7/c32-25(20-14-12-19(13-15-20)18-6-2-1-3-7-18)17-38-29(35)21-8-4-9-22(16-21)30-27(33)23-10-5-11-24(31(36)37)26(23)28(30)34/h1-16H,17H2. The average Bonchev–Trinajstić information content (AvgIpc) is 3.21. The van der Waals surface area contributed by atoms with Crippen molar-refractivity contribution in [2.45, 2.75) is 0 Å². The number of esters is 1. The Bertz CT molecular complexity index is 1610. The summed E-state index contributed by atoms with van der Waals surface area (Å²) in [6.45, 7) is -0.507. The van der Waals surface area contributed by atoms with Gasteiger partial charge in [-0.3, -0.25) is 24.5 Å². The average molecular weight is 506 g/mol. The van der Waals surface area contributed by atoms with E-state index in [4.69, 9.17) is 4.74 Å². The Morgan fingerprint density at radius 1 is 0.763 bits per heavy atom. The molecule has 0 fully saturated rings. The number of amides is 2. The van der Waals surface area contributed by atoms with Crippen molar-refractivity contribution in [1.82, 2.24) is 0 Å². The molecule has 1 aliphatic heterocycles. The van der Waals surface area contributed by atoms with E-state index < -0.39 is 40.8 Å². The number of ether oxygens (including phenoxy) is 1. The van der Waals surface area contributed by atoms with Crippen LogP contribution in [-0.2, 0) is 4.74 Å². The van der Waals surface area contributed by atoms with Gasteiger partial charge < -0.3 is 4.74 Å². The number of nitro benzene ring substituents is 1. The summed E-state index contributed by atoms with van der Waals surface area (Å²) in [6, 6.07) is 25.9. The molecule has 0 N–H and O–H groups in total. The van der Waals surface area contributed by atoms with Crippen LogP contribution in [-0.4, -0.2) is 35.1 Å². The second-order valence-electron chi connectivity index (χ2n) is 8.40. The first kappa shape index (κ1) is 24.3. The SMILES string of the molecule is O=C(COC(=O)c1cccc(N2C(=O)c3cccc([N+](=O)[O-])c3C2=O)c1)c1ccc(-c2ccccc2)cc1. The maximum Gasteiger partial charge on any atom is 0.338 e. The molecular formula is C29H18N2O7. The quantitative estimate of drug-likeness (QED) is 0.112. The number of carbonyl (C=O) groups is 4. The molecule has 1 aliphatic rings. The van der Waals surface area contributed by atoms with Crippen molar-refractivity contribution >= 4 is 34.9 Å². The van der Waals surface area contributed by atoms with E-state index >= 15 is 0 Å². The topological polar surface area (TPSA) is 124 Å². The van der Waals surface area contributed by atoms with E-state index in [-0.39, 0.29) is 22.4 Å². The van der Waals surface area contributed by atoms with E-state index in [0.29, 0.717) is 5.56 Å². The fraction of sp³-hybridized carbons (Fsp3) is 0.0345. The molecule has 1 heterocycles. The molecule has 9 nitrogen and oxygen atoms in total. The van der Waals surface area contributed by atoms with Crippen LogP contribution in [0.5, 0.6) is 0 Å². The molecule has 0 atom stereocenters. The first-order valence-corrected chi connectivity index (χ1v) is 11.5. The molecule has 0 spiro atoms. The highest BCUT2D eigenvalue weighted by Gasteiger charge is 2.41. The van der Waals surface area contributed by atoms with Gasteiger partial charge in [-0.05, 0) is 35.4 Å². The number of anilines is 1. The minimum atomic E-state index is -0.864. The first-order chi connectivity index (χ1) is 18.3. The smallest absolute Gasteiger partial charge is 0.338 e. The maximum atomic E-state index is 12.9. The molecule has 0 aliphatic carbocycles. The van der Waals surface area contributed by atoms with Crippen LogP contribution in [0.25, 0.3) is 11.1 Å². The highest BCUT2D eigenvalue weighted by molar-refractivity contribution is 6.35. The summed E-state index contributed by atoms with van der Waals surface area (Å²) >= 11 is 0. The highest BCUT2D eigenvalue weighted by atomic mass is 16.6. The molecule has 4 aromatic carbocycles. The fourth-order valence-corrected chi connectivity index (χ4v) is 4.20. The van der Waals surface area contributed by atoms with Crippen molar-refractivity contribution in [3.8, 4) is 11.1 Å². The second kappa shape index (κ2) is 9.90. The van der Waals surface area contributed by atoms with Crippen molar-refractivity contribution < 1.29 is 28.8 Å². The molecule has 4 aromatic rings. The Labute approximate surface area is 216 Å². The number of rotatable bonds is 7. The summed E-state index contributed by atoms with van der Waals surface area (Å²) in [6.07, 6.45) is 0. The maximum absolute atomic E-state index is 12.9. The molecular weight excluding hydrogens is 488 g/mol. The predicted octanol–water partition coefficient (Wildman–Crippen LogP) is 5.10. The number of benzene rings is 4. The Morgan fingerprint density at radius 3 is 2.16 bits per heavy atom. The monoisotopic (exact) mass is 506 g/mol. The summed E-state index contributed by atoms with van der Waals surface area (Å²) in [7, 11) is 0. The number of fused-ring (bicyclic) bond motifs is 1. The largest absolute Gasteiger partial charge is 0.454 e. The van der Waals surface area contributed by atoms with E-state index in [9.17, 15) is 29.3 Å². The molecule has 0 aromatic heterocycles. The zero-order valence-electron chi connectivity index (χ0n) is 19.7. The lowest BCUT2D eigenvalue weighted by molar-refractivity contribution is -0.385.